The number of pyridine rings is 2. The van der Waals surface area contributed by atoms with Crippen LogP contribution in [-0.4, -0.2) is 6.61 Å². The van der Waals surface area contributed by atoms with Gasteiger partial charge in [-0.2, -0.15) is 0 Å². The van der Waals surface area contributed by atoms with Crippen molar-refractivity contribution in [3.63, 3.8) is 0 Å². The van der Waals surface area contributed by atoms with Gasteiger partial charge in [-0.25, -0.2) is 9.13 Å². The number of aromatic nitrogens is 2. The van der Waals surface area contributed by atoms with Gasteiger partial charge in [0.1, 0.15) is 5.75 Å². The summed E-state index contributed by atoms with van der Waals surface area (Å²) in [5, 5.41) is 0. The van der Waals surface area contributed by atoms with E-state index in [1.54, 1.807) is 0 Å². The lowest BCUT2D eigenvalue weighted by molar-refractivity contribution is -0.693. The first kappa shape index (κ1) is 33.3. The van der Waals surface area contributed by atoms with Crippen LogP contribution < -0.4 is 47.8 Å². The molecule has 0 bridgehead atoms. The van der Waals surface area contributed by atoms with Crippen molar-refractivity contribution in [2.24, 2.45) is 0 Å². The summed E-state index contributed by atoms with van der Waals surface area (Å²) in [5.74, 6) is 1.03. The van der Waals surface area contributed by atoms with Crippen molar-refractivity contribution in [3.8, 4) is 5.75 Å². The summed E-state index contributed by atoms with van der Waals surface area (Å²) in [5.41, 5.74) is 2.59. The zero-order valence-electron chi connectivity index (χ0n) is 22.7. The maximum atomic E-state index is 6.36. The molecule has 3 rings (SSSR count). The molecule has 204 valence electrons. The van der Waals surface area contributed by atoms with Crippen LogP contribution in [0.3, 0.4) is 0 Å². The standard InChI is InChI=1S/C32H46N2O.2BrH/c1-2-3-4-5-6-7-8-9-10-11-12-19-27-35-32-22-20-21-30(28-33-23-15-13-16-24-33)31(32)29-34-25-17-14-18-26-34;;/h13-18,20-26H,2-12,19,27-29H2,1H3;2*1H/q+2;;/p-2. The first-order chi connectivity index (χ1) is 17.4. The smallest absolute Gasteiger partial charge is 0.177 e. The molecule has 0 unspecified atom stereocenters. The predicted molar refractivity (Wildman–Crippen MR) is 144 cm³/mol. The monoisotopic (exact) mass is 632 g/mol. The second kappa shape index (κ2) is 21.2. The number of hydrogen-bond acceptors (Lipinski definition) is 1. The first-order valence-corrected chi connectivity index (χ1v) is 14.0. The van der Waals surface area contributed by atoms with Crippen LogP contribution >= 0.6 is 0 Å². The highest BCUT2D eigenvalue weighted by atomic mass is 79.9. The molecule has 0 aliphatic rings. The molecular weight excluding hydrogens is 588 g/mol. The Labute approximate surface area is 246 Å². The van der Waals surface area contributed by atoms with Crippen LogP contribution in [0.1, 0.15) is 95.1 Å². The van der Waals surface area contributed by atoms with E-state index in [-0.39, 0.29) is 34.0 Å². The average Bonchev–Trinajstić information content (AvgIpc) is 2.89. The van der Waals surface area contributed by atoms with Crippen molar-refractivity contribution >= 4 is 0 Å². The molecule has 3 nitrogen and oxygen atoms in total. The van der Waals surface area contributed by atoms with E-state index in [1.807, 2.05) is 0 Å². The molecular formula is C32H46Br2N2O. The fourth-order valence-electron chi connectivity index (χ4n) is 4.66. The van der Waals surface area contributed by atoms with Crippen LogP contribution in [0.4, 0.5) is 0 Å². The minimum absolute atomic E-state index is 0. The second-order valence-electron chi connectivity index (χ2n) is 9.73. The molecule has 0 amide bonds. The Hall–Kier alpha value is -1.72. The van der Waals surface area contributed by atoms with Gasteiger partial charge in [-0.3, -0.25) is 0 Å². The third kappa shape index (κ3) is 13.6. The Morgan fingerprint density at radius 2 is 1.03 bits per heavy atom. The van der Waals surface area contributed by atoms with E-state index in [9.17, 15) is 0 Å². The number of ether oxygens (including phenoxy) is 1. The van der Waals surface area contributed by atoms with Gasteiger partial charge in [-0.15, -0.1) is 0 Å². The van der Waals surface area contributed by atoms with E-state index >= 15 is 0 Å². The SMILES string of the molecule is CCCCCCCCCCCCCCOc1cccc(C[n+]2ccccc2)c1C[n+]1ccccc1.[Br-].[Br-]. The normalized spacial score (nSPS) is 10.4. The summed E-state index contributed by atoms with van der Waals surface area (Å²) < 4.78 is 10.8. The highest BCUT2D eigenvalue weighted by molar-refractivity contribution is 5.39. The van der Waals surface area contributed by atoms with Gasteiger partial charge in [0, 0.05) is 29.8 Å². The van der Waals surface area contributed by atoms with Crippen LogP contribution in [0.5, 0.6) is 5.75 Å². The fourth-order valence-corrected chi connectivity index (χ4v) is 4.66. The van der Waals surface area contributed by atoms with Gasteiger partial charge >= 0.3 is 0 Å². The Morgan fingerprint density at radius 1 is 0.541 bits per heavy atom. The summed E-state index contributed by atoms with van der Waals surface area (Å²) in [7, 11) is 0. The lowest BCUT2D eigenvalue weighted by Gasteiger charge is -2.13. The van der Waals surface area contributed by atoms with Gasteiger partial charge in [0.25, 0.3) is 0 Å². The van der Waals surface area contributed by atoms with E-state index < -0.39 is 0 Å². The molecule has 0 saturated heterocycles. The Bertz CT molecular complexity index is 938. The zero-order chi connectivity index (χ0) is 24.4. The molecule has 0 radical (unpaired) electrons. The molecule has 0 aliphatic carbocycles. The Kier molecular flexibility index (Phi) is 19.1. The number of unbranched alkanes of at least 4 members (excludes halogenated alkanes) is 11. The number of halogens is 2. The minimum atomic E-state index is 0. The minimum Gasteiger partial charge on any atom is -1.00 e. The van der Waals surface area contributed by atoms with E-state index in [0.717, 1.165) is 31.9 Å². The van der Waals surface area contributed by atoms with Gasteiger partial charge in [0.2, 0.25) is 0 Å². The quantitative estimate of drug-likeness (QED) is 0.153. The van der Waals surface area contributed by atoms with Crippen molar-refractivity contribution in [3.05, 3.63) is 90.5 Å². The average molecular weight is 635 g/mol. The second-order valence-corrected chi connectivity index (χ2v) is 9.73. The van der Waals surface area contributed by atoms with E-state index in [4.69, 9.17) is 4.74 Å². The van der Waals surface area contributed by atoms with Crippen molar-refractivity contribution in [2.45, 2.75) is 97.1 Å². The topological polar surface area (TPSA) is 17.0 Å². The van der Waals surface area contributed by atoms with Crippen LogP contribution in [0, 0.1) is 0 Å². The molecule has 0 fully saturated rings. The van der Waals surface area contributed by atoms with Crippen molar-refractivity contribution in [1.29, 1.82) is 0 Å². The maximum absolute atomic E-state index is 6.36. The summed E-state index contributed by atoms with van der Waals surface area (Å²) in [6.07, 6.45) is 24.9. The largest absolute Gasteiger partial charge is 1.00 e. The van der Waals surface area contributed by atoms with Crippen LogP contribution in [0.25, 0.3) is 0 Å². The van der Waals surface area contributed by atoms with Crippen LogP contribution in [0.2, 0.25) is 0 Å². The lowest BCUT2D eigenvalue weighted by atomic mass is 10.0. The van der Waals surface area contributed by atoms with Gasteiger partial charge < -0.3 is 38.7 Å². The third-order valence-corrected chi connectivity index (χ3v) is 6.73. The van der Waals surface area contributed by atoms with Gasteiger partial charge in [-0.05, 0) is 12.5 Å². The molecule has 2 heterocycles. The molecule has 2 aromatic heterocycles. The molecule has 0 saturated carbocycles. The van der Waals surface area contributed by atoms with Gasteiger partial charge in [0.05, 0.1) is 12.2 Å². The lowest BCUT2D eigenvalue weighted by Crippen LogP contribution is -3.00. The molecule has 37 heavy (non-hydrogen) atoms. The fraction of sp³-hybridized carbons (Fsp3) is 0.500. The maximum Gasteiger partial charge on any atom is 0.177 e. The molecule has 0 aliphatic heterocycles. The van der Waals surface area contributed by atoms with Crippen LogP contribution in [0.15, 0.2) is 79.4 Å². The third-order valence-electron chi connectivity index (χ3n) is 6.73. The highest BCUT2D eigenvalue weighted by Crippen LogP contribution is 2.23. The van der Waals surface area contributed by atoms with Gasteiger partial charge in [0.15, 0.2) is 37.9 Å². The molecule has 0 N–H and O–H groups in total. The molecule has 5 heteroatoms. The Morgan fingerprint density at radius 3 is 1.57 bits per heavy atom. The van der Waals surface area contributed by atoms with Crippen LogP contribution in [-0.2, 0) is 13.1 Å². The molecule has 1 aromatic carbocycles. The number of rotatable bonds is 18. The zero-order valence-corrected chi connectivity index (χ0v) is 25.8. The van der Waals surface area contributed by atoms with Crippen molar-refractivity contribution < 1.29 is 47.8 Å². The summed E-state index contributed by atoms with van der Waals surface area (Å²) in [6, 6.07) is 19.0. The van der Waals surface area contributed by atoms with Crippen molar-refractivity contribution in [2.75, 3.05) is 6.61 Å². The molecule has 0 spiro atoms. The number of nitrogens with zero attached hydrogens (tertiary/aromatic N) is 2. The van der Waals surface area contributed by atoms with Crippen molar-refractivity contribution in [1.82, 2.24) is 0 Å². The molecule has 3 aromatic rings. The summed E-state index contributed by atoms with van der Waals surface area (Å²) in [4.78, 5) is 0. The number of hydrogen-bond donors (Lipinski definition) is 0. The summed E-state index contributed by atoms with van der Waals surface area (Å²) >= 11 is 0. The predicted octanol–water partition coefficient (Wildman–Crippen LogP) is 1.45. The number of benzene rings is 1. The van der Waals surface area contributed by atoms with E-state index in [1.165, 1.54) is 81.8 Å². The van der Waals surface area contributed by atoms with Gasteiger partial charge in [-0.1, -0.05) is 102 Å². The first-order valence-electron chi connectivity index (χ1n) is 14.0. The molecule has 0 atom stereocenters. The highest BCUT2D eigenvalue weighted by Gasteiger charge is 2.17. The Balaban J connectivity index is 0.00000342. The summed E-state index contributed by atoms with van der Waals surface area (Å²) in [6.45, 7) is 4.75. The van der Waals surface area contributed by atoms with E-state index in [2.05, 4.69) is 95.4 Å². The van der Waals surface area contributed by atoms with E-state index in [0.29, 0.717) is 0 Å².